The third-order valence-corrected chi connectivity index (χ3v) is 4.73. The number of carbonyl (C=O) groups is 1. The second kappa shape index (κ2) is 14.7. The molecule has 0 aliphatic heterocycles. The molecule has 0 radical (unpaired) electrons. The predicted octanol–water partition coefficient (Wildman–Crippen LogP) is 4.44. The molecule has 170 valence electrons. The molecule has 31 heavy (non-hydrogen) atoms. The van der Waals surface area contributed by atoms with Crippen LogP contribution in [0.4, 0.5) is 0 Å². The molecule has 0 aliphatic rings. The summed E-state index contributed by atoms with van der Waals surface area (Å²) in [5.41, 5.74) is 2.85. The first-order valence-electron chi connectivity index (χ1n) is 10.7. The number of ether oxygens (including phenoxy) is 1. The lowest BCUT2D eigenvalue weighted by Gasteiger charge is -2.18. The van der Waals surface area contributed by atoms with Crippen LogP contribution in [0.15, 0.2) is 53.5 Å². The number of nitrogens with one attached hydrogen (secondary N) is 2. The molecule has 0 fully saturated rings. The van der Waals surface area contributed by atoms with Gasteiger partial charge in [-0.1, -0.05) is 30.3 Å². The minimum absolute atomic E-state index is 0. The van der Waals surface area contributed by atoms with Gasteiger partial charge in [-0.3, -0.25) is 4.79 Å². The summed E-state index contributed by atoms with van der Waals surface area (Å²) in [4.78, 5) is 18.9. The highest BCUT2D eigenvalue weighted by atomic mass is 127. The summed E-state index contributed by atoms with van der Waals surface area (Å²) in [6.45, 7) is 12.0. The first-order chi connectivity index (χ1) is 14.6. The quantitative estimate of drug-likeness (QED) is 0.267. The van der Waals surface area contributed by atoms with Crippen molar-refractivity contribution in [3.05, 3.63) is 65.2 Å². The van der Waals surface area contributed by atoms with Crippen molar-refractivity contribution < 1.29 is 9.53 Å². The number of rotatable bonds is 10. The number of hydrogen-bond acceptors (Lipinski definition) is 3. The highest BCUT2D eigenvalue weighted by molar-refractivity contribution is 14.0. The number of guanidine groups is 1. The Morgan fingerprint density at radius 3 is 2.26 bits per heavy atom. The highest BCUT2D eigenvalue weighted by Gasteiger charge is 2.11. The minimum atomic E-state index is 0. The van der Waals surface area contributed by atoms with Crippen LogP contribution in [0.2, 0.25) is 0 Å². The fourth-order valence-corrected chi connectivity index (χ4v) is 3.08. The molecule has 6 nitrogen and oxygen atoms in total. The van der Waals surface area contributed by atoms with Crippen molar-refractivity contribution in [2.45, 2.75) is 40.8 Å². The Balaban J connectivity index is 0.00000480. The first-order valence-corrected chi connectivity index (χ1v) is 10.7. The molecule has 1 amide bonds. The number of nitrogens with zero attached hydrogens (tertiary/aromatic N) is 2. The molecular weight excluding hydrogens is 503 g/mol. The van der Waals surface area contributed by atoms with Crippen LogP contribution in [-0.2, 0) is 13.1 Å². The summed E-state index contributed by atoms with van der Waals surface area (Å²) >= 11 is 0. The second-order valence-electron chi connectivity index (χ2n) is 6.76. The van der Waals surface area contributed by atoms with Crippen molar-refractivity contribution >= 4 is 35.8 Å². The highest BCUT2D eigenvalue weighted by Crippen LogP contribution is 2.17. The van der Waals surface area contributed by atoms with Gasteiger partial charge in [-0.15, -0.1) is 24.0 Å². The van der Waals surface area contributed by atoms with Gasteiger partial charge < -0.3 is 20.3 Å². The molecule has 0 unspecified atom stereocenters. The minimum Gasteiger partial charge on any atom is -0.494 e. The van der Waals surface area contributed by atoms with Gasteiger partial charge in [0.25, 0.3) is 5.91 Å². The number of halogens is 1. The van der Waals surface area contributed by atoms with E-state index in [0.717, 1.165) is 29.4 Å². The molecule has 0 aromatic heterocycles. The van der Waals surface area contributed by atoms with Gasteiger partial charge in [-0.2, -0.15) is 0 Å². The van der Waals surface area contributed by atoms with E-state index in [-0.39, 0.29) is 29.9 Å². The average molecular weight is 538 g/mol. The molecule has 0 bridgehead atoms. The van der Waals surface area contributed by atoms with Crippen molar-refractivity contribution in [1.29, 1.82) is 0 Å². The van der Waals surface area contributed by atoms with Crippen LogP contribution in [0.1, 0.15) is 49.2 Å². The van der Waals surface area contributed by atoms with Crippen molar-refractivity contribution in [2.24, 2.45) is 4.99 Å². The predicted molar refractivity (Wildman–Crippen MR) is 138 cm³/mol. The van der Waals surface area contributed by atoms with E-state index in [1.165, 1.54) is 0 Å². The summed E-state index contributed by atoms with van der Waals surface area (Å²) in [7, 11) is 0. The SMILES string of the molecule is CCNC(=NCc1ccc(C(=O)N(CC)CC)cc1)NCc1ccccc1OCC.I. The van der Waals surface area contributed by atoms with Crippen molar-refractivity contribution in [2.75, 3.05) is 26.2 Å². The lowest BCUT2D eigenvalue weighted by Crippen LogP contribution is -2.36. The monoisotopic (exact) mass is 538 g/mol. The van der Waals surface area contributed by atoms with Gasteiger partial charge in [0.15, 0.2) is 5.96 Å². The Morgan fingerprint density at radius 1 is 0.968 bits per heavy atom. The van der Waals surface area contributed by atoms with Crippen LogP contribution < -0.4 is 15.4 Å². The zero-order valence-corrected chi connectivity index (χ0v) is 21.3. The standard InChI is InChI=1S/C24H34N4O2.HI/c1-5-25-24(27-18-21-11-9-10-12-22(21)30-8-4)26-17-19-13-15-20(16-14-19)23(29)28(6-2)7-3;/h9-16H,5-8,17-18H2,1-4H3,(H2,25,26,27);1H. The summed E-state index contributed by atoms with van der Waals surface area (Å²) < 4.78 is 5.69. The molecule has 2 aromatic carbocycles. The van der Waals surface area contributed by atoms with Crippen LogP contribution >= 0.6 is 24.0 Å². The molecule has 2 rings (SSSR count). The Labute approximate surface area is 203 Å². The number of amides is 1. The molecule has 2 aromatic rings. The topological polar surface area (TPSA) is 66.0 Å². The van der Waals surface area contributed by atoms with E-state index in [1.807, 2.05) is 81.1 Å². The maximum absolute atomic E-state index is 12.4. The largest absolute Gasteiger partial charge is 0.494 e. The molecule has 0 atom stereocenters. The fraction of sp³-hybridized carbons (Fsp3) is 0.417. The summed E-state index contributed by atoms with van der Waals surface area (Å²) in [5, 5.41) is 6.64. The molecule has 0 spiro atoms. The molecule has 7 heteroatoms. The third-order valence-electron chi connectivity index (χ3n) is 4.73. The first kappa shape index (κ1) is 26.7. The molecule has 0 aliphatic carbocycles. The Morgan fingerprint density at radius 2 is 1.65 bits per heavy atom. The van der Waals surface area contributed by atoms with Gasteiger partial charge in [0.1, 0.15) is 5.75 Å². The molecule has 0 heterocycles. The zero-order valence-electron chi connectivity index (χ0n) is 19.0. The van der Waals surface area contributed by atoms with Crippen LogP contribution in [0.3, 0.4) is 0 Å². The smallest absolute Gasteiger partial charge is 0.253 e. The van der Waals surface area contributed by atoms with Gasteiger partial charge in [0, 0.05) is 37.3 Å². The number of hydrogen-bond donors (Lipinski definition) is 2. The van der Waals surface area contributed by atoms with Crippen molar-refractivity contribution in [3.8, 4) is 5.75 Å². The van der Waals surface area contributed by atoms with Gasteiger partial charge >= 0.3 is 0 Å². The van der Waals surface area contributed by atoms with Crippen LogP contribution in [0, 0.1) is 0 Å². The number of para-hydroxylation sites is 1. The van der Waals surface area contributed by atoms with Gasteiger partial charge in [-0.25, -0.2) is 4.99 Å². The van der Waals surface area contributed by atoms with Crippen LogP contribution in [0.5, 0.6) is 5.75 Å². The maximum Gasteiger partial charge on any atom is 0.253 e. The van der Waals surface area contributed by atoms with E-state index in [0.29, 0.717) is 38.3 Å². The number of aliphatic imine (C=N–C) groups is 1. The Hall–Kier alpha value is -2.29. The van der Waals surface area contributed by atoms with E-state index in [2.05, 4.69) is 15.6 Å². The molecular formula is C24H35IN4O2. The van der Waals surface area contributed by atoms with Crippen molar-refractivity contribution in [1.82, 2.24) is 15.5 Å². The van der Waals surface area contributed by atoms with Crippen molar-refractivity contribution in [3.63, 3.8) is 0 Å². The maximum atomic E-state index is 12.4. The van der Waals surface area contributed by atoms with E-state index in [1.54, 1.807) is 0 Å². The van der Waals surface area contributed by atoms with Crippen LogP contribution in [-0.4, -0.2) is 43.0 Å². The molecule has 0 saturated carbocycles. The fourth-order valence-electron chi connectivity index (χ4n) is 3.08. The number of carbonyl (C=O) groups excluding carboxylic acids is 1. The van der Waals surface area contributed by atoms with E-state index >= 15 is 0 Å². The van der Waals surface area contributed by atoms with E-state index in [4.69, 9.17) is 4.74 Å². The molecule has 2 N–H and O–H groups in total. The van der Waals surface area contributed by atoms with Gasteiger partial charge in [0.2, 0.25) is 0 Å². The average Bonchev–Trinajstić information content (AvgIpc) is 2.78. The van der Waals surface area contributed by atoms with E-state index < -0.39 is 0 Å². The van der Waals surface area contributed by atoms with Gasteiger partial charge in [0.05, 0.1) is 13.2 Å². The second-order valence-corrected chi connectivity index (χ2v) is 6.76. The summed E-state index contributed by atoms with van der Waals surface area (Å²) in [6.07, 6.45) is 0. The normalized spacial score (nSPS) is 10.8. The number of benzene rings is 2. The van der Waals surface area contributed by atoms with Crippen LogP contribution in [0.25, 0.3) is 0 Å². The Bertz CT molecular complexity index is 821. The lowest BCUT2D eigenvalue weighted by atomic mass is 10.1. The zero-order chi connectivity index (χ0) is 21.8. The summed E-state index contributed by atoms with van der Waals surface area (Å²) in [6, 6.07) is 15.7. The summed E-state index contributed by atoms with van der Waals surface area (Å²) in [5.74, 6) is 1.70. The third kappa shape index (κ3) is 8.40. The Kier molecular flexibility index (Phi) is 12.7. The van der Waals surface area contributed by atoms with Gasteiger partial charge in [-0.05, 0) is 51.5 Å². The lowest BCUT2D eigenvalue weighted by molar-refractivity contribution is 0.0773. The molecule has 0 saturated heterocycles. The van der Waals surface area contributed by atoms with E-state index in [9.17, 15) is 4.79 Å².